The van der Waals surface area contributed by atoms with Gasteiger partial charge in [-0.2, -0.15) is 0 Å². The molecule has 0 radical (unpaired) electrons. The Labute approximate surface area is 241 Å². The van der Waals surface area contributed by atoms with E-state index in [2.05, 4.69) is 10.6 Å². The Morgan fingerprint density at radius 1 is 0.683 bits per heavy atom. The van der Waals surface area contributed by atoms with Crippen LogP contribution >= 0.6 is 22.7 Å². The quantitative estimate of drug-likeness (QED) is 0.140. The van der Waals surface area contributed by atoms with Gasteiger partial charge >= 0.3 is 11.9 Å². The van der Waals surface area contributed by atoms with Gasteiger partial charge in [0.05, 0.1) is 54.7 Å². The third-order valence-electron chi connectivity index (χ3n) is 6.07. The highest BCUT2D eigenvalue weighted by atomic mass is 32.1. The van der Waals surface area contributed by atoms with Crippen LogP contribution in [-0.4, -0.2) is 60.4 Å². The van der Waals surface area contributed by atoms with Crippen LogP contribution in [0, 0.1) is 0 Å². The number of nitrogens with one attached hydrogen (secondary N) is 2. The van der Waals surface area contributed by atoms with Crippen LogP contribution in [0.2, 0.25) is 0 Å². The minimum Gasteiger partial charge on any atom is -0.495 e. The van der Waals surface area contributed by atoms with Gasteiger partial charge in [0.1, 0.15) is 11.5 Å². The van der Waals surface area contributed by atoms with Crippen molar-refractivity contribution in [3.05, 3.63) is 46.2 Å². The van der Waals surface area contributed by atoms with Crippen molar-refractivity contribution in [2.24, 2.45) is 0 Å². The van der Waals surface area contributed by atoms with Gasteiger partial charge in [-0.25, -0.2) is 0 Å². The summed E-state index contributed by atoms with van der Waals surface area (Å²) < 4.78 is 12.4. The molecule has 1 amide bonds. The molecule has 0 aliphatic carbocycles. The van der Waals surface area contributed by atoms with Crippen molar-refractivity contribution in [2.75, 3.05) is 31.4 Å². The summed E-state index contributed by atoms with van der Waals surface area (Å²) in [4.78, 5) is 60.1. The van der Waals surface area contributed by atoms with Crippen LogP contribution in [0.1, 0.15) is 45.0 Å². The number of anilines is 2. The van der Waals surface area contributed by atoms with Crippen molar-refractivity contribution in [1.82, 2.24) is 0 Å². The van der Waals surface area contributed by atoms with E-state index in [1.807, 2.05) is 0 Å². The molecule has 0 saturated heterocycles. The van der Waals surface area contributed by atoms with E-state index in [-0.39, 0.29) is 49.7 Å². The van der Waals surface area contributed by atoms with Gasteiger partial charge in [-0.15, -0.1) is 22.7 Å². The lowest BCUT2D eigenvalue weighted by molar-refractivity contribution is -0.137. The van der Waals surface area contributed by atoms with Gasteiger partial charge in [-0.05, 0) is 47.2 Å². The minimum atomic E-state index is -1.04. The van der Waals surface area contributed by atoms with E-state index in [4.69, 9.17) is 19.7 Å². The first kappa shape index (κ1) is 29.5. The molecule has 2 aromatic heterocycles. The number of carbonyl (C=O) groups excluding carboxylic acids is 3. The van der Waals surface area contributed by atoms with Crippen molar-refractivity contribution in [2.45, 2.75) is 25.7 Å². The number of carboxylic acids is 2. The molecule has 0 spiro atoms. The van der Waals surface area contributed by atoms with Crippen LogP contribution in [-0.2, 0) is 14.4 Å². The Bertz CT molecular complexity index is 1670. The molecule has 2 aromatic carbocycles. The predicted molar refractivity (Wildman–Crippen MR) is 156 cm³/mol. The number of aliphatic carboxylic acids is 2. The summed E-state index contributed by atoms with van der Waals surface area (Å²) in [6.45, 7) is -0.123. The van der Waals surface area contributed by atoms with Crippen LogP contribution in [0.5, 0.6) is 11.5 Å². The molecule has 4 N–H and O–H groups in total. The van der Waals surface area contributed by atoms with Gasteiger partial charge in [-0.1, -0.05) is 0 Å². The van der Waals surface area contributed by atoms with E-state index < -0.39 is 11.9 Å². The molecule has 11 nitrogen and oxygen atoms in total. The molecule has 0 bridgehead atoms. The second-order valence-corrected chi connectivity index (χ2v) is 11.1. The standard InChI is InChI=1S/C28H26N2O9S2/c1-38-20-7-14-9-24(18(31)3-5-27(34)35)40-22(14)11-16(20)29-13-26(33)30-17-12-23-15(8-21(17)39-2)10-25(41-23)19(32)4-6-28(36)37/h7-12,29H,3-6,13H2,1-2H3,(H,30,33)(H,34,35)(H,36,37). The molecule has 0 aliphatic heterocycles. The number of hydrogen-bond acceptors (Lipinski definition) is 10. The third-order valence-corrected chi connectivity index (χ3v) is 8.35. The molecule has 2 heterocycles. The number of carboxylic acid groups (broad SMARTS) is 2. The fraction of sp³-hybridized carbons (Fsp3) is 0.250. The van der Waals surface area contributed by atoms with E-state index in [0.717, 1.165) is 20.2 Å². The maximum atomic E-state index is 12.9. The lowest BCUT2D eigenvalue weighted by atomic mass is 10.1. The molecule has 13 heteroatoms. The zero-order chi connectivity index (χ0) is 29.7. The van der Waals surface area contributed by atoms with Gasteiger partial charge in [0.2, 0.25) is 5.91 Å². The number of ether oxygens (including phenoxy) is 2. The fourth-order valence-electron chi connectivity index (χ4n) is 4.04. The summed E-state index contributed by atoms with van der Waals surface area (Å²) in [7, 11) is 2.95. The van der Waals surface area contributed by atoms with Crippen LogP contribution in [0.25, 0.3) is 20.2 Å². The third kappa shape index (κ3) is 7.18. The van der Waals surface area contributed by atoms with E-state index in [1.165, 1.54) is 36.9 Å². The number of Topliss-reactive ketones (excluding diaryl/α,β-unsaturated/α-hetero) is 2. The Kier molecular flexibility index (Phi) is 9.20. The average molecular weight is 599 g/mol. The van der Waals surface area contributed by atoms with Crippen molar-refractivity contribution in [3.63, 3.8) is 0 Å². The molecule has 0 fully saturated rings. The van der Waals surface area contributed by atoms with Gasteiger partial charge < -0.3 is 30.3 Å². The Balaban J connectivity index is 1.47. The zero-order valence-corrected chi connectivity index (χ0v) is 23.7. The molecular weight excluding hydrogens is 572 g/mol. The van der Waals surface area contributed by atoms with E-state index in [0.29, 0.717) is 32.6 Å². The SMILES string of the molecule is COc1cc2cc(C(=O)CCC(=O)O)sc2cc1NCC(=O)Nc1cc2sc(C(=O)CCC(=O)O)cc2cc1OC. The highest BCUT2D eigenvalue weighted by molar-refractivity contribution is 7.21. The van der Waals surface area contributed by atoms with Gasteiger partial charge in [0.15, 0.2) is 11.6 Å². The lowest BCUT2D eigenvalue weighted by Crippen LogP contribution is -2.22. The number of rotatable bonds is 14. The number of hydrogen-bond donors (Lipinski definition) is 4. The molecular formula is C28H26N2O9S2. The summed E-state index contributed by atoms with van der Waals surface area (Å²) >= 11 is 2.44. The minimum absolute atomic E-state index is 0.0896. The highest BCUT2D eigenvalue weighted by Crippen LogP contribution is 2.37. The van der Waals surface area contributed by atoms with Crippen LogP contribution < -0.4 is 20.1 Å². The fourth-order valence-corrected chi connectivity index (χ4v) is 6.14. The first-order valence-electron chi connectivity index (χ1n) is 12.3. The van der Waals surface area contributed by atoms with Crippen molar-refractivity contribution in [3.8, 4) is 11.5 Å². The Morgan fingerprint density at radius 3 is 1.61 bits per heavy atom. The van der Waals surface area contributed by atoms with E-state index in [9.17, 15) is 24.0 Å². The van der Waals surface area contributed by atoms with Crippen molar-refractivity contribution >= 4 is 83.6 Å². The average Bonchev–Trinajstić information content (AvgIpc) is 3.55. The molecule has 0 unspecified atom stereocenters. The molecule has 214 valence electrons. The molecule has 0 saturated carbocycles. The monoisotopic (exact) mass is 598 g/mol. The highest BCUT2D eigenvalue weighted by Gasteiger charge is 2.17. The largest absolute Gasteiger partial charge is 0.495 e. The van der Waals surface area contributed by atoms with Crippen LogP contribution in [0.15, 0.2) is 36.4 Å². The normalized spacial score (nSPS) is 10.9. The van der Waals surface area contributed by atoms with Gasteiger partial charge in [0, 0.05) is 22.2 Å². The van der Waals surface area contributed by atoms with Gasteiger partial charge in [-0.3, -0.25) is 24.0 Å². The topological polar surface area (TPSA) is 168 Å². The lowest BCUT2D eigenvalue weighted by Gasteiger charge is -2.13. The smallest absolute Gasteiger partial charge is 0.303 e. The Morgan fingerprint density at radius 2 is 1.15 bits per heavy atom. The number of ketones is 2. The number of fused-ring (bicyclic) bond motifs is 2. The zero-order valence-electron chi connectivity index (χ0n) is 22.1. The van der Waals surface area contributed by atoms with E-state index in [1.54, 1.807) is 36.4 Å². The number of methoxy groups -OCH3 is 2. The number of thiophene rings is 2. The van der Waals surface area contributed by atoms with Gasteiger partial charge in [0.25, 0.3) is 0 Å². The number of carbonyl (C=O) groups is 5. The van der Waals surface area contributed by atoms with Crippen LogP contribution in [0.3, 0.4) is 0 Å². The summed E-state index contributed by atoms with van der Waals surface area (Å²) in [6.07, 6.45) is -0.680. The maximum Gasteiger partial charge on any atom is 0.303 e. The molecule has 41 heavy (non-hydrogen) atoms. The molecule has 0 atom stereocenters. The van der Waals surface area contributed by atoms with Crippen molar-refractivity contribution < 1.29 is 43.7 Å². The van der Waals surface area contributed by atoms with Crippen molar-refractivity contribution in [1.29, 1.82) is 0 Å². The van der Waals surface area contributed by atoms with E-state index >= 15 is 0 Å². The summed E-state index contributed by atoms with van der Waals surface area (Å²) in [5.74, 6) is -2.12. The second-order valence-electron chi connectivity index (χ2n) is 8.94. The second kappa shape index (κ2) is 12.8. The summed E-state index contributed by atoms with van der Waals surface area (Å²) in [6, 6.07) is 10.3. The first-order valence-corrected chi connectivity index (χ1v) is 14.0. The van der Waals surface area contributed by atoms with Crippen LogP contribution in [0.4, 0.5) is 11.4 Å². The first-order chi connectivity index (χ1) is 19.6. The molecule has 4 aromatic rings. The number of benzene rings is 2. The predicted octanol–water partition coefficient (Wildman–Crippen LogP) is 5.28. The Hall–Kier alpha value is -4.49. The maximum absolute atomic E-state index is 12.9. The summed E-state index contributed by atoms with van der Waals surface area (Å²) in [5, 5.41) is 25.0. The molecule has 0 aliphatic rings. The molecule has 4 rings (SSSR count). The summed E-state index contributed by atoms with van der Waals surface area (Å²) in [5.41, 5.74) is 0.940. The number of amides is 1.